The minimum atomic E-state index is -0.468. The van der Waals surface area contributed by atoms with Gasteiger partial charge in [-0.25, -0.2) is 4.79 Å². The van der Waals surface area contributed by atoms with Crippen LogP contribution in [0.1, 0.15) is 51.0 Å². The number of benzene rings is 2. The van der Waals surface area contributed by atoms with Crippen molar-refractivity contribution in [3.8, 4) is 5.75 Å². The van der Waals surface area contributed by atoms with Crippen molar-refractivity contribution in [1.82, 2.24) is 0 Å². The van der Waals surface area contributed by atoms with Crippen LogP contribution in [0, 0.1) is 0 Å². The van der Waals surface area contributed by atoms with Crippen molar-refractivity contribution in [2.24, 2.45) is 0 Å². The molecular formula is C21H27NO2. The van der Waals surface area contributed by atoms with E-state index in [1.807, 2.05) is 54.6 Å². The van der Waals surface area contributed by atoms with E-state index < -0.39 is 6.09 Å². The molecule has 0 radical (unpaired) electrons. The van der Waals surface area contributed by atoms with E-state index >= 15 is 0 Å². The molecule has 1 N–H and O–H groups in total. The fourth-order valence-electron chi connectivity index (χ4n) is 2.61. The molecule has 24 heavy (non-hydrogen) atoms. The van der Waals surface area contributed by atoms with Crippen LogP contribution in [0.15, 0.2) is 54.6 Å². The topological polar surface area (TPSA) is 38.3 Å². The first kappa shape index (κ1) is 18.1. The first-order chi connectivity index (χ1) is 11.8. The molecule has 0 saturated carbocycles. The quantitative estimate of drug-likeness (QED) is 0.557. The number of nitrogens with one attached hydrogen (secondary N) is 1. The molecule has 0 aromatic heterocycles. The number of carbonyl (C=O) groups is 1. The van der Waals surface area contributed by atoms with E-state index in [4.69, 9.17) is 4.74 Å². The van der Waals surface area contributed by atoms with E-state index in [0.717, 1.165) is 12.1 Å². The minimum absolute atomic E-state index is 0.468. The molecule has 128 valence electrons. The van der Waals surface area contributed by atoms with Gasteiger partial charge in [0.25, 0.3) is 0 Å². The summed E-state index contributed by atoms with van der Waals surface area (Å²) < 4.78 is 5.29. The lowest BCUT2D eigenvalue weighted by Gasteiger charge is -2.07. The summed E-state index contributed by atoms with van der Waals surface area (Å²) in [5.74, 6) is 0.565. The lowest BCUT2D eigenvalue weighted by atomic mass is 10.1. The van der Waals surface area contributed by atoms with Crippen LogP contribution in [0.4, 0.5) is 10.5 Å². The summed E-state index contributed by atoms with van der Waals surface area (Å²) in [5.41, 5.74) is 2.02. The first-order valence-corrected chi connectivity index (χ1v) is 8.91. The Kier molecular flexibility index (Phi) is 7.88. The number of amides is 1. The molecule has 0 aliphatic heterocycles. The standard InChI is InChI=1S/C21H27NO2/c1-2-3-4-5-6-8-11-18-14-16-20(17-15-18)24-21(23)22-19-12-9-7-10-13-19/h7,9-10,12-17H,2-6,8,11H2,1H3,(H,22,23). The molecule has 0 heterocycles. The molecule has 0 bridgehead atoms. The number of aryl methyl sites for hydroxylation is 1. The number of ether oxygens (including phenoxy) is 1. The van der Waals surface area contributed by atoms with Gasteiger partial charge in [0.05, 0.1) is 0 Å². The lowest BCUT2D eigenvalue weighted by molar-refractivity contribution is 0.215. The number of rotatable bonds is 9. The summed E-state index contributed by atoms with van der Waals surface area (Å²) in [6.07, 6.45) is 8.44. The Labute approximate surface area is 145 Å². The number of anilines is 1. The summed E-state index contributed by atoms with van der Waals surface area (Å²) in [5, 5.41) is 2.70. The molecule has 0 saturated heterocycles. The highest BCUT2D eigenvalue weighted by Crippen LogP contribution is 2.16. The molecule has 2 aromatic rings. The van der Waals surface area contributed by atoms with Gasteiger partial charge in [0.15, 0.2) is 0 Å². The Hall–Kier alpha value is -2.29. The Morgan fingerprint density at radius 2 is 1.54 bits per heavy atom. The maximum atomic E-state index is 11.8. The SMILES string of the molecule is CCCCCCCCc1ccc(OC(=O)Nc2ccccc2)cc1. The van der Waals surface area contributed by atoms with Gasteiger partial charge in [0.1, 0.15) is 5.75 Å². The fraction of sp³-hybridized carbons (Fsp3) is 0.381. The summed E-state index contributed by atoms with van der Waals surface area (Å²) in [6.45, 7) is 2.24. The van der Waals surface area contributed by atoms with Crippen LogP contribution in [0.3, 0.4) is 0 Å². The molecule has 0 atom stereocenters. The van der Waals surface area contributed by atoms with Gasteiger partial charge < -0.3 is 4.74 Å². The van der Waals surface area contributed by atoms with Crippen LogP contribution < -0.4 is 10.1 Å². The van der Waals surface area contributed by atoms with Gasteiger partial charge in [-0.1, -0.05) is 69.4 Å². The Bertz CT molecular complexity index is 593. The van der Waals surface area contributed by atoms with Crippen LogP contribution >= 0.6 is 0 Å². The largest absolute Gasteiger partial charge is 0.417 e. The summed E-state index contributed by atoms with van der Waals surface area (Å²) in [7, 11) is 0. The van der Waals surface area contributed by atoms with Crippen LogP contribution in [0.5, 0.6) is 5.75 Å². The molecule has 2 rings (SSSR count). The Morgan fingerprint density at radius 3 is 2.25 bits per heavy atom. The summed E-state index contributed by atoms with van der Waals surface area (Å²) in [4.78, 5) is 11.8. The van der Waals surface area contributed by atoms with Crippen LogP contribution in [0.25, 0.3) is 0 Å². The van der Waals surface area contributed by atoms with Crippen molar-refractivity contribution < 1.29 is 9.53 Å². The van der Waals surface area contributed by atoms with E-state index in [2.05, 4.69) is 12.2 Å². The third kappa shape index (κ3) is 6.86. The monoisotopic (exact) mass is 325 g/mol. The second kappa shape index (κ2) is 10.5. The summed E-state index contributed by atoms with van der Waals surface area (Å²) >= 11 is 0. The van der Waals surface area contributed by atoms with Crippen LogP contribution in [0.2, 0.25) is 0 Å². The highest BCUT2D eigenvalue weighted by molar-refractivity contribution is 5.86. The van der Waals surface area contributed by atoms with Crippen LogP contribution in [-0.2, 0) is 6.42 Å². The van der Waals surface area contributed by atoms with Crippen molar-refractivity contribution >= 4 is 11.8 Å². The molecule has 0 aliphatic rings. The van der Waals surface area contributed by atoms with Gasteiger partial charge in [0.2, 0.25) is 0 Å². The summed E-state index contributed by atoms with van der Waals surface area (Å²) in [6, 6.07) is 17.1. The molecule has 3 nitrogen and oxygen atoms in total. The second-order valence-corrected chi connectivity index (χ2v) is 6.04. The van der Waals surface area contributed by atoms with E-state index in [1.165, 1.54) is 44.1 Å². The number of para-hydroxylation sites is 1. The molecule has 0 spiro atoms. The fourth-order valence-corrected chi connectivity index (χ4v) is 2.61. The average molecular weight is 325 g/mol. The van der Waals surface area contributed by atoms with E-state index in [-0.39, 0.29) is 0 Å². The molecular weight excluding hydrogens is 298 g/mol. The normalized spacial score (nSPS) is 10.4. The van der Waals surface area contributed by atoms with Crippen LogP contribution in [-0.4, -0.2) is 6.09 Å². The predicted molar refractivity (Wildman–Crippen MR) is 99.6 cm³/mol. The van der Waals surface area contributed by atoms with E-state index in [9.17, 15) is 4.79 Å². The van der Waals surface area contributed by atoms with Gasteiger partial charge in [-0.3, -0.25) is 5.32 Å². The maximum absolute atomic E-state index is 11.8. The third-order valence-corrected chi connectivity index (χ3v) is 3.97. The van der Waals surface area contributed by atoms with E-state index in [1.54, 1.807) is 0 Å². The molecule has 0 unspecified atom stereocenters. The molecule has 0 fully saturated rings. The number of unbranched alkanes of at least 4 members (excludes halogenated alkanes) is 5. The molecule has 2 aromatic carbocycles. The number of carbonyl (C=O) groups excluding carboxylic acids is 1. The number of hydrogen-bond donors (Lipinski definition) is 1. The van der Waals surface area contributed by atoms with Gasteiger partial charge in [0, 0.05) is 5.69 Å². The molecule has 3 heteroatoms. The lowest BCUT2D eigenvalue weighted by Crippen LogP contribution is -2.16. The van der Waals surface area contributed by atoms with Crippen molar-refractivity contribution in [2.75, 3.05) is 5.32 Å². The van der Waals surface area contributed by atoms with Crippen molar-refractivity contribution in [2.45, 2.75) is 51.9 Å². The Balaban J connectivity index is 1.70. The highest BCUT2D eigenvalue weighted by Gasteiger charge is 2.04. The van der Waals surface area contributed by atoms with Crippen molar-refractivity contribution in [3.05, 3.63) is 60.2 Å². The van der Waals surface area contributed by atoms with Gasteiger partial charge >= 0.3 is 6.09 Å². The molecule has 0 aliphatic carbocycles. The maximum Gasteiger partial charge on any atom is 0.417 e. The Morgan fingerprint density at radius 1 is 0.875 bits per heavy atom. The van der Waals surface area contributed by atoms with E-state index in [0.29, 0.717) is 5.75 Å². The van der Waals surface area contributed by atoms with Crippen molar-refractivity contribution in [3.63, 3.8) is 0 Å². The highest BCUT2D eigenvalue weighted by atomic mass is 16.6. The second-order valence-electron chi connectivity index (χ2n) is 6.04. The van der Waals surface area contributed by atoms with Gasteiger partial charge in [-0.2, -0.15) is 0 Å². The number of hydrogen-bond acceptors (Lipinski definition) is 2. The van der Waals surface area contributed by atoms with Gasteiger partial charge in [-0.15, -0.1) is 0 Å². The predicted octanol–water partition coefficient (Wildman–Crippen LogP) is 6.20. The zero-order valence-corrected chi connectivity index (χ0v) is 14.5. The molecule has 1 amide bonds. The van der Waals surface area contributed by atoms with Crippen molar-refractivity contribution in [1.29, 1.82) is 0 Å². The smallest absolute Gasteiger partial charge is 0.410 e. The zero-order chi connectivity index (χ0) is 17.0. The third-order valence-electron chi connectivity index (χ3n) is 3.97. The first-order valence-electron chi connectivity index (χ1n) is 8.91. The minimum Gasteiger partial charge on any atom is -0.410 e. The average Bonchev–Trinajstić information content (AvgIpc) is 2.60. The van der Waals surface area contributed by atoms with Gasteiger partial charge in [-0.05, 0) is 42.7 Å². The zero-order valence-electron chi connectivity index (χ0n) is 14.5.